The highest BCUT2D eigenvalue weighted by molar-refractivity contribution is 8.54. The van der Waals surface area contributed by atoms with Gasteiger partial charge in [-0.15, -0.1) is 0 Å². The summed E-state index contributed by atoms with van der Waals surface area (Å²) >= 11 is 0.144. The van der Waals surface area contributed by atoms with Crippen LogP contribution in [0.4, 0.5) is 0 Å². The third-order valence-electron chi connectivity index (χ3n) is 3.02. The van der Waals surface area contributed by atoms with Crippen molar-refractivity contribution in [3.63, 3.8) is 0 Å². The lowest BCUT2D eigenvalue weighted by atomic mass is 10.0. The maximum absolute atomic E-state index is 11.2. The molecule has 0 amide bonds. The van der Waals surface area contributed by atoms with Gasteiger partial charge in [-0.1, -0.05) is 12.1 Å². The fourth-order valence-electron chi connectivity index (χ4n) is 2.09. The van der Waals surface area contributed by atoms with E-state index in [0.29, 0.717) is 5.56 Å². The predicted molar refractivity (Wildman–Crippen MR) is 84.4 cm³/mol. The van der Waals surface area contributed by atoms with Crippen molar-refractivity contribution < 1.29 is 34.8 Å². The Morgan fingerprint density at radius 1 is 1.00 bits per heavy atom. The van der Waals surface area contributed by atoms with Gasteiger partial charge in [-0.25, -0.2) is 4.57 Å². The van der Waals surface area contributed by atoms with E-state index in [2.05, 4.69) is 0 Å². The first-order valence-corrected chi connectivity index (χ1v) is 9.46. The Hall–Kier alpha value is -1.70. The molecule has 0 saturated heterocycles. The molecule has 0 aliphatic rings. The standard InChI is InChI=1S/C14H15O7PS/c15-9-3-1-8(2-4-9)5-11(17)14-12(18)6-10(16)7-13(14)23-22(19,20)21/h1-4,6-7,11,15-18H,5H2,(H2,19,20,21). The highest BCUT2D eigenvalue weighted by atomic mass is 32.7. The van der Waals surface area contributed by atoms with Crippen molar-refractivity contribution in [1.82, 2.24) is 0 Å². The maximum atomic E-state index is 11.2. The van der Waals surface area contributed by atoms with E-state index in [1.807, 2.05) is 0 Å². The smallest absolute Gasteiger partial charge is 0.388 e. The molecule has 9 heteroatoms. The van der Waals surface area contributed by atoms with Crippen LogP contribution >= 0.6 is 18.2 Å². The number of hydrogen-bond acceptors (Lipinski definition) is 6. The molecule has 0 bridgehead atoms. The van der Waals surface area contributed by atoms with Gasteiger partial charge in [0, 0.05) is 22.9 Å². The number of aliphatic hydroxyl groups is 1. The Labute approximate surface area is 135 Å². The highest BCUT2D eigenvalue weighted by Crippen LogP contribution is 2.57. The second-order valence-corrected chi connectivity index (χ2v) is 8.42. The molecule has 7 nitrogen and oxygen atoms in total. The molecular formula is C14H15O7PS. The van der Waals surface area contributed by atoms with Crippen molar-refractivity contribution in [3.05, 3.63) is 47.5 Å². The molecule has 2 aromatic rings. The molecule has 0 aromatic heterocycles. The van der Waals surface area contributed by atoms with Crippen LogP contribution in [0.2, 0.25) is 0 Å². The first-order valence-electron chi connectivity index (χ1n) is 6.42. The van der Waals surface area contributed by atoms with Gasteiger partial charge in [0.1, 0.15) is 17.2 Å². The van der Waals surface area contributed by atoms with Gasteiger partial charge < -0.3 is 30.2 Å². The largest absolute Gasteiger partial charge is 0.508 e. The van der Waals surface area contributed by atoms with Crippen molar-refractivity contribution in [2.75, 3.05) is 0 Å². The van der Waals surface area contributed by atoms with Gasteiger partial charge >= 0.3 is 6.80 Å². The minimum Gasteiger partial charge on any atom is -0.508 e. The van der Waals surface area contributed by atoms with E-state index in [-0.39, 0.29) is 39.8 Å². The second kappa shape index (κ2) is 6.82. The number of rotatable bonds is 5. The predicted octanol–water partition coefficient (Wildman–Crippen LogP) is 2.26. The van der Waals surface area contributed by atoms with Crippen LogP contribution in [-0.2, 0) is 11.0 Å². The topological polar surface area (TPSA) is 138 Å². The van der Waals surface area contributed by atoms with Crippen LogP contribution in [0.15, 0.2) is 41.3 Å². The fourth-order valence-corrected chi connectivity index (χ4v) is 4.08. The number of phenolic OH excluding ortho intramolecular Hbond substituents is 3. The Bertz CT molecular complexity index is 742. The van der Waals surface area contributed by atoms with E-state index in [4.69, 9.17) is 9.79 Å². The van der Waals surface area contributed by atoms with Crippen LogP contribution in [0.1, 0.15) is 17.2 Å². The van der Waals surface area contributed by atoms with Gasteiger partial charge in [0.2, 0.25) is 0 Å². The van der Waals surface area contributed by atoms with Crippen molar-refractivity contribution in [2.24, 2.45) is 0 Å². The Morgan fingerprint density at radius 2 is 1.61 bits per heavy atom. The molecule has 124 valence electrons. The molecule has 0 aliphatic heterocycles. The zero-order chi connectivity index (χ0) is 17.2. The lowest BCUT2D eigenvalue weighted by Gasteiger charge is -2.17. The summed E-state index contributed by atoms with van der Waals surface area (Å²) in [6.45, 7) is -4.53. The summed E-state index contributed by atoms with van der Waals surface area (Å²) in [6.07, 6.45) is -1.21. The quantitative estimate of drug-likeness (QED) is 0.448. The van der Waals surface area contributed by atoms with Gasteiger partial charge in [0.15, 0.2) is 0 Å². The summed E-state index contributed by atoms with van der Waals surface area (Å²) in [4.78, 5) is 18.1. The lowest BCUT2D eigenvalue weighted by Crippen LogP contribution is -2.04. The fraction of sp³-hybridized carbons (Fsp3) is 0.143. The summed E-state index contributed by atoms with van der Waals surface area (Å²) in [5.74, 6) is -0.778. The maximum Gasteiger partial charge on any atom is 0.388 e. The molecule has 1 unspecified atom stereocenters. The summed E-state index contributed by atoms with van der Waals surface area (Å²) < 4.78 is 11.2. The molecule has 0 aliphatic carbocycles. The van der Waals surface area contributed by atoms with Crippen LogP contribution in [0.25, 0.3) is 0 Å². The third-order valence-corrected chi connectivity index (χ3v) is 5.10. The van der Waals surface area contributed by atoms with E-state index in [0.717, 1.165) is 12.1 Å². The number of aliphatic hydroxyl groups excluding tert-OH is 1. The number of aromatic hydroxyl groups is 3. The van der Waals surface area contributed by atoms with Crippen molar-refractivity contribution in [3.8, 4) is 17.2 Å². The summed E-state index contributed by atoms with van der Waals surface area (Å²) in [5.41, 5.74) is 0.569. The molecule has 2 aromatic carbocycles. The van der Waals surface area contributed by atoms with Gasteiger partial charge in [0.25, 0.3) is 0 Å². The average Bonchev–Trinajstić information content (AvgIpc) is 2.38. The summed E-state index contributed by atoms with van der Waals surface area (Å²) in [7, 11) is 0. The number of benzene rings is 2. The van der Waals surface area contributed by atoms with E-state index < -0.39 is 18.7 Å². The van der Waals surface area contributed by atoms with Crippen molar-refractivity contribution in [1.29, 1.82) is 0 Å². The SMILES string of the molecule is O=P(O)(O)Sc1cc(O)cc(O)c1C(O)Cc1ccc(O)cc1. The Kier molecular flexibility index (Phi) is 5.23. The van der Waals surface area contributed by atoms with Gasteiger partial charge in [0.05, 0.1) is 6.10 Å². The Morgan fingerprint density at radius 3 is 2.17 bits per heavy atom. The lowest BCUT2D eigenvalue weighted by molar-refractivity contribution is 0.171. The molecule has 0 saturated carbocycles. The van der Waals surface area contributed by atoms with E-state index in [1.165, 1.54) is 12.1 Å². The second-order valence-electron chi connectivity index (χ2n) is 4.84. The van der Waals surface area contributed by atoms with Crippen LogP contribution in [0, 0.1) is 0 Å². The third kappa shape index (κ3) is 4.89. The molecule has 0 radical (unpaired) electrons. The molecule has 0 heterocycles. The van der Waals surface area contributed by atoms with Crippen molar-refractivity contribution >= 4 is 18.2 Å². The van der Waals surface area contributed by atoms with Crippen LogP contribution < -0.4 is 0 Å². The molecule has 23 heavy (non-hydrogen) atoms. The molecular weight excluding hydrogens is 343 g/mol. The zero-order valence-electron chi connectivity index (χ0n) is 11.7. The molecule has 0 spiro atoms. The Balaban J connectivity index is 2.36. The first-order chi connectivity index (χ1) is 10.7. The highest BCUT2D eigenvalue weighted by Gasteiger charge is 2.25. The summed E-state index contributed by atoms with van der Waals surface area (Å²) in [6, 6.07) is 8.07. The number of hydrogen-bond donors (Lipinski definition) is 6. The minimum absolute atomic E-state index is 0.0489. The van der Waals surface area contributed by atoms with Crippen LogP contribution in [-0.4, -0.2) is 30.2 Å². The summed E-state index contributed by atoms with van der Waals surface area (Å²) in [5, 5.41) is 39.0. The number of phenols is 3. The van der Waals surface area contributed by atoms with Crippen molar-refractivity contribution in [2.45, 2.75) is 17.4 Å². The monoisotopic (exact) mass is 358 g/mol. The zero-order valence-corrected chi connectivity index (χ0v) is 13.4. The average molecular weight is 358 g/mol. The minimum atomic E-state index is -4.53. The van der Waals surface area contributed by atoms with Crippen LogP contribution in [0.3, 0.4) is 0 Å². The molecule has 2 rings (SSSR count). The van der Waals surface area contributed by atoms with Gasteiger partial charge in [-0.2, -0.15) is 0 Å². The van der Waals surface area contributed by atoms with E-state index >= 15 is 0 Å². The van der Waals surface area contributed by atoms with E-state index in [9.17, 15) is 25.0 Å². The van der Waals surface area contributed by atoms with Gasteiger partial charge in [-0.3, -0.25) is 0 Å². The van der Waals surface area contributed by atoms with E-state index in [1.54, 1.807) is 12.1 Å². The van der Waals surface area contributed by atoms with Crippen LogP contribution in [0.5, 0.6) is 17.2 Å². The van der Waals surface area contributed by atoms with Gasteiger partial charge in [-0.05, 0) is 35.1 Å². The first kappa shape index (κ1) is 17.7. The molecule has 0 fully saturated rings. The molecule has 1 atom stereocenters. The molecule has 6 N–H and O–H groups in total. The normalized spacial score (nSPS) is 13.0.